The van der Waals surface area contributed by atoms with Crippen molar-refractivity contribution in [3.63, 3.8) is 0 Å². The predicted octanol–water partition coefficient (Wildman–Crippen LogP) is 3.43. The van der Waals surface area contributed by atoms with E-state index in [-0.39, 0.29) is 5.91 Å². The summed E-state index contributed by atoms with van der Waals surface area (Å²) in [5.74, 6) is 1.00. The highest BCUT2D eigenvalue weighted by Crippen LogP contribution is 2.20. The van der Waals surface area contributed by atoms with E-state index in [1.54, 1.807) is 16.8 Å². The van der Waals surface area contributed by atoms with Crippen molar-refractivity contribution in [3.05, 3.63) is 63.4 Å². The monoisotopic (exact) mass is 404 g/mol. The quantitative estimate of drug-likeness (QED) is 0.614. The number of aromatic nitrogens is 4. The summed E-state index contributed by atoms with van der Waals surface area (Å²) in [5.41, 5.74) is 2.30. The van der Waals surface area contributed by atoms with Gasteiger partial charge in [0.1, 0.15) is 5.82 Å². The van der Waals surface area contributed by atoms with E-state index in [0.717, 1.165) is 11.4 Å². The molecule has 3 aromatic rings. The number of hydrogen-bond donors (Lipinski definition) is 2. The number of nitrogens with one attached hydrogen (secondary N) is 2. The zero-order chi connectivity index (χ0) is 19.4. The number of carbonyl (C=O) groups is 1. The number of nitrogens with zero attached hydrogens (tertiary/aromatic N) is 4. The van der Waals surface area contributed by atoms with Crippen molar-refractivity contribution in [2.45, 2.75) is 13.8 Å². The maximum absolute atomic E-state index is 12.1. The highest BCUT2D eigenvalue weighted by Gasteiger charge is 2.10. The third-order valence-corrected chi connectivity index (χ3v) is 4.32. The van der Waals surface area contributed by atoms with Gasteiger partial charge in [-0.25, -0.2) is 4.68 Å². The zero-order valence-electron chi connectivity index (χ0n) is 14.8. The Morgan fingerprint density at radius 1 is 1.07 bits per heavy atom. The first-order valence-electron chi connectivity index (χ1n) is 8.28. The Kier molecular flexibility index (Phi) is 5.93. The van der Waals surface area contributed by atoms with Crippen LogP contribution in [0.3, 0.4) is 0 Å². The van der Waals surface area contributed by atoms with Crippen LogP contribution in [0.1, 0.15) is 21.7 Å². The van der Waals surface area contributed by atoms with Crippen molar-refractivity contribution in [1.29, 1.82) is 0 Å². The lowest BCUT2D eigenvalue weighted by Gasteiger charge is -2.09. The summed E-state index contributed by atoms with van der Waals surface area (Å²) < 4.78 is 1.74. The molecule has 0 spiro atoms. The van der Waals surface area contributed by atoms with E-state index in [9.17, 15) is 4.79 Å². The summed E-state index contributed by atoms with van der Waals surface area (Å²) in [4.78, 5) is 12.1. The molecule has 0 atom stereocenters. The fourth-order valence-corrected chi connectivity index (χ4v) is 3.02. The highest BCUT2D eigenvalue weighted by molar-refractivity contribution is 6.36. The van der Waals surface area contributed by atoms with Crippen LogP contribution in [-0.4, -0.2) is 39.0 Å². The van der Waals surface area contributed by atoms with Gasteiger partial charge in [0.15, 0.2) is 5.82 Å². The van der Waals surface area contributed by atoms with Crippen LogP contribution >= 0.6 is 23.2 Å². The number of rotatable bonds is 6. The second-order valence-corrected chi connectivity index (χ2v) is 6.77. The molecular formula is C18H18Cl2N6O. The average molecular weight is 405 g/mol. The molecule has 7 nitrogen and oxygen atoms in total. The van der Waals surface area contributed by atoms with E-state index < -0.39 is 0 Å². The van der Waals surface area contributed by atoms with Crippen molar-refractivity contribution in [2.24, 2.45) is 0 Å². The van der Waals surface area contributed by atoms with Gasteiger partial charge in [0, 0.05) is 23.8 Å². The first-order chi connectivity index (χ1) is 12.9. The molecule has 0 aliphatic carbocycles. The van der Waals surface area contributed by atoms with Crippen LogP contribution in [0.4, 0.5) is 5.82 Å². The minimum atomic E-state index is -0.260. The number of hydrogen-bond acceptors (Lipinski definition) is 5. The van der Waals surface area contributed by atoms with Crippen LogP contribution in [-0.2, 0) is 0 Å². The lowest BCUT2D eigenvalue weighted by Crippen LogP contribution is -2.29. The third kappa shape index (κ3) is 4.75. The normalized spacial score (nSPS) is 10.7. The van der Waals surface area contributed by atoms with Crippen molar-refractivity contribution in [3.8, 4) is 5.82 Å². The summed E-state index contributed by atoms with van der Waals surface area (Å²) in [6.45, 7) is 4.78. The molecule has 0 aliphatic heterocycles. The van der Waals surface area contributed by atoms with Gasteiger partial charge in [-0.3, -0.25) is 4.79 Å². The van der Waals surface area contributed by atoms with Crippen molar-refractivity contribution < 1.29 is 4.79 Å². The summed E-state index contributed by atoms with van der Waals surface area (Å²) in [6.07, 6.45) is 0. The smallest absolute Gasteiger partial charge is 0.252 e. The number of benzene rings is 1. The molecule has 9 heteroatoms. The molecule has 0 saturated heterocycles. The SMILES string of the molecule is Cc1cc(C)n(-c2ccc(NCCNC(=O)c3ccc(Cl)cc3Cl)nn2)n1. The summed E-state index contributed by atoms with van der Waals surface area (Å²) in [6, 6.07) is 10.4. The molecule has 140 valence electrons. The van der Waals surface area contributed by atoms with Gasteiger partial charge < -0.3 is 10.6 Å². The van der Waals surface area contributed by atoms with Gasteiger partial charge in [-0.2, -0.15) is 5.10 Å². The van der Waals surface area contributed by atoms with E-state index in [0.29, 0.717) is 40.3 Å². The Morgan fingerprint density at radius 2 is 1.89 bits per heavy atom. The van der Waals surface area contributed by atoms with Crippen LogP contribution in [0.2, 0.25) is 10.0 Å². The molecule has 2 N–H and O–H groups in total. The molecule has 1 aromatic carbocycles. The zero-order valence-corrected chi connectivity index (χ0v) is 16.3. The van der Waals surface area contributed by atoms with Crippen LogP contribution in [0.25, 0.3) is 5.82 Å². The van der Waals surface area contributed by atoms with Crippen LogP contribution in [0.15, 0.2) is 36.4 Å². The summed E-state index contributed by atoms with van der Waals surface area (Å²) in [7, 11) is 0. The molecule has 0 radical (unpaired) electrons. The molecule has 0 aliphatic rings. The number of aryl methyl sites for hydroxylation is 2. The van der Waals surface area contributed by atoms with Crippen molar-refractivity contribution in [1.82, 2.24) is 25.3 Å². The molecule has 27 heavy (non-hydrogen) atoms. The fraction of sp³-hybridized carbons (Fsp3) is 0.222. The van der Waals surface area contributed by atoms with Gasteiger partial charge >= 0.3 is 0 Å². The second kappa shape index (κ2) is 8.37. The van der Waals surface area contributed by atoms with E-state index in [1.807, 2.05) is 32.0 Å². The number of halogens is 2. The number of amides is 1. The lowest BCUT2D eigenvalue weighted by molar-refractivity contribution is 0.0955. The standard InChI is InChI=1S/C18H18Cl2N6O/c1-11-9-12(2)26(25-11)17-6-5-16(23-24-17)21-7-8-22-18(27)14-4-3-13(19)10-15(14)20/h3-6,9-10H,7-8H2,1-2H3,(H,21,23)(H,22,27). The maximum Gasteiger partial charge on any atom is 0.252 e. The lowest BCUT2D eigenvalue weighted by atomic mass is 10.2. The summed E-state index contributed by atoms with van der Waals surface area (Å²) in [5, 5.41) is 19.4. The second-order valence-electron chi connectivity index (χ2n) is 5.92. The minimum Gasteiger partial charge on any atom is -0.367 e. The highest BCUT2D eigenvalue weighted by atomic mass is 35.5. The first kappa shape index (κ1) is 19.1. The van der Waals surface area contributed by atoms with Crippen LogP contribution < -0.4 is 10.6 Å². The Hall–Kier alpha value is -2.64. The van der Waals surface area contributed by atoms with Crippen LogP contribution in [0.5, 0.6) is 0 Å². The van der Waals surface area contributed by atoms with Gasteiger partial charge in [-0.05, 0) is 50.2 Å². The van der Waals surface area contributed by atoms with Crippen molar-refractivity contribution >= 4 is 34.9 Å². The number of carbonyl (C=O) groups excluding carboxylic acids is 1. The Morgan fingerprint density at radius 3 is 2.52 bits per heavy atom. The molecule has 1 amide bonds. The van der Waals surface area contributed by atoms with Gasteiger partial charge in [0.05, 0.1) is 16.3 Å². The molecule has 2 aromatic heterocycles. The van der Waals surface area contributed by atoms with Gasteiger partial charge in [-0.1, -0.05) is 23.2 Å². The predicted molar refractivity (Wildman–Crippen MR) is 106 cm³/mol. The largest absolute Gasteiger partial charge is 0.367 e. The Labute approximate surface area is 166 Å². The molecule has 0 fully saturated rings. The molecule has 0 bridgehead atoms. The van der Waals surface area contributed by atoms with Crippen LogP contribution in [0, 0.1) is 13.8 Å². The van der Waals surface area contributed by atoms with Gasteiger partial charge in [-0.15, -0.1) is 10.2 Å². The molecule has 3 rings (SSSR count). The van der Waals surface area contributed by atoms with E-state index >= 15 is 0 Å². The number of anilines is 1. The minimum absolute atomic E-state index is 0.260. The topological polar surface area (TPSA) is 84.7 Å². The molecule has 0 unspecified atom stereocenters. The molecule has 0 saturated carbocycles. The Balaban J connectivity index is 1.50. The third-order valence-electron chi connectivity index (χ3n) is 3.77. The van der Waals surface area contributed by atoms with Gasteiger partial charge in [0.2, 0.25) is 0 Å². The summed E-state index contributed by atoms with van der Waals surface area (Å²) >= 11 is 11.9. The first-order valence-corrected chi connectivity index (χ1v) is 9.04. The van der Waals surface area contributed by atoms with E-state index in [4.69, 9.17) is 23.2 Å². The molecular weight excluding hydrogens is 387 g/mol. The van der Waals surface area contributed by atoms with E-state index in [1.165, 1.54) is 6.07 Å². The fourth-order valence-electron chi connectivity index (χ4n) is 2.53. The average Bonchev–Trinajstić information content (AvgIpc) is 2.97. The Bertz CT molecular complexity index is 955. The van der Waals surface area contributed by atoms with Gasteiger partial charge in [0.25, 0.3) is 5.91 Å². The van der Waals surface area contributed by atoms with E-state index in [2.05, 4.69) is 25.9 Å². The van der Waals surface area contributed by atoms with Crippen molar-refractivity contribution in [2.75, 3.05) is 18.4 Å². The molecule has 2 heterocycles. The maximum atomic E-state index is 12.1.